The van der Waals surface area contributed by atoms with Crippen LogP contribution in [0.3, 0.4) is 0 Å². The molecule has 0 amide bonds. The van der Waals surface area contributed by atoms with Crippen LogP contribution in [-0.2, 0) is 9.84 Å². The van der Waals surface area contributed by atoms with Crippen LogP contribution in [0.5, 0.6) is 0 Å². The van der Waals surface area contributed by atoms with Gasteiger partial charge in [-0.1, -0.05) is 24.3 Å². The summed E-state index contributed by atoms with van der Waals surface area (Å²) >= 11 is 0. The summed E-state index contributed by atoms with van der Waals surface area (Å²) in [6, 6.07) is 11.9. The summed E-state index contributed by atoms with van der Waals surface area (Å²) in [5, 5.41) is -0.645. The SMILES string of the molecule is [NH3+]C[C@@H](c1cccnc1)S(=O)(=O)c1ccccc1. The summed E-state index contributed by atoms with van der Waals surface area (Å²) in [6.45, 7) is 0.281. The molecule has 2 rings (SSSR count). The van der Waals surface area contributed by atoms with Crippen molar-refractivity contribution in [1.29, 1.82) is 0 Å². The highest BCUT2D eigenvalue weighted by atomic mass is 32.2. The number of aromatic nitrogens is 1. The van der Waals surface area contributed by atoms with Gasteiger partial charge in [0, 0.05) is 12.4 Å². The molecule has 2 aromatic rings. The average molecular weight is 263 g/mol. The Morgan fingerprint density at radius 1 is 1.11 bits per heavy atom. The Hall–Kier alpha value is -1.72. The van der Waals surface area contributed by atoms with Gasteiger partial charge < -0.3 is 5.73 Å². The standard InChI is InChI=1S/C13H14N2O2S/c14-9-13(11-5-4-8-15-10-11)18(16,17)12-6-2-1-3-7-12/h1-8,10,13H,9,14H2/p+1/t13-/m0/s1. The number of benzene rings is 1. The first-order valence-electron chi connectivity index (χ1n) is 5.64. The third-order valence-corrected chi connectivity index (χ3v) is 4.95. The molecule has 3 N–H and O–H groups in total. The molecule has 0 fully saturated rings. The van der Waals surface area contributed by atoms with Crippen LogP contribution in [0.15, 0.2) is 59.8 Å². The van der Waals surface area contributed by atoms with E-state index in [1.807, 2.05) is 0 Å². The number of hydrogen-bond donors (Lipinski definition) is 1. The molecule has 1 heterocycles. The second-order valence-electron chi connectivity index (χ2n) is 3.92. The molecule has 0 aliphatic rings. The van der Waals surface area contributed by atoms with E-state index in [1.165, 1.54) is 0 Å². The van der Waals surface area contributed by atoms with Gasteiger partial charge in [0.05, 0.1) is 11.4 Å². The van der Waals surface area contributed by atoms with E-state index >= 15 is 0 Å². The lowest BCUT2D eigenvalue weighted by atomic mass is 10.2. The molecule has 0 unspecified atom stereocenters. The monoisotopic (exact) mass is 263 g/mol. The van der Waals surface area contributed by atoms with Crippen LogP contribution in [0.2, 0.25) is 0 Å². The van der Waals surface area contributed by atoms with E-state index in [1.54, 1.807) is 54.9 Å². The minimum absolute atomic E-state index is 0.281. The zero-order valence-electron chi connectivity index (χ0n) is 9.86. The second kappa shape index (κ2) is 5.29. The number of nitrogens with zero attached hydrogens (tertiary/aromatic N) is 1. The largest absolute Gasteiger partial charge is 0.356 e. The average Bonchev–Trinajstić information content (AvgIpc) is 2.41. The van der Waals surface area contributed by atoms with Crippen LogP contribution in [-0.4, -0.2) is 19.9 Å². The number of sulfone groups is 1. The molecule has 1 aromatic heterocycles. The molecule has 5 heteroatoms. The molecular weight excluding hydrogens is 248 g/mol. The minimum Gasteiger partial charge on any atom is -0.356 e. The fourth-order valence-electron chi connectivity index (χ4n) is 1.84. The van der Waals surface area contributed by atoms with Crippen LogP contribution in [0, 0.1) is 0 Å². The lowest BCUT2D eigenvalue weighted by Gasteiger charge is -2.14. The minimum atomic E-state index is -3.41. The Balaban J connectivity index is 2.46. The van der Waals surface area contributed by atoms with E-state index in [4.69, 9.17) is 0 Å². The molecule has 0 saturated carbocycles. The Kier molecular flexibility index (Phi) is 3.74. The van der Waals surface area contributed by atoms with Gasteiger partial charge >= 0.3 is 0 Å². The highest BCUT2D eigenvalue weighted by Crippen LogP contribution is 2.26. The zero-order valence-corrected chi connectivity index (χ0v) is 10.7. The Labute approximate surface area is 106 Å². The van der Waals surface area contributed by atoms with Crippen molar-refractivity contribution in [2.45, 2.75) is 10.1 Å². The van der Waals surface area contributed by atoms with Gasteiger partial charge in [-0.2, -0.15) is 0 Å². The quantitative estimate of drug-likeness (QED) is 0.888. The molecule has 0 saturated heterocycles. The van der Waals surface area contributed by atoms with Crippen molar-refractivity contribution in [3.05, 3.63) is 60.4 Å². The fourth-order valence-corrected chi connectivity index (χ4v) is 3.51. The Morgan fingerprint density at radius 3 is 2.39 bits per heavy atom. The highest BCUT2D eigenvalue weighted by molar-refractivity contribution is 7.91. The number of rotatable bonds is 4. The normalized spacial score (nSPS) is 13.2. The maximum atomic E-state index is 12.5. The number of hydrogen-bond acceptors (Lipinski definition) is 3. The molecule has 0 radical (unpaired) electrons. The summed E-state index contributed by atoms with van der Waals surface area (Å²) in [5.74, 6) is 0. The van der Waals surface area contributed by atoms with Gasteiger partial charge in [-0.05, 0) is 23.8 Å². The molecular formula is C13H15N2O2S+. The number of quaternary nitrogens is 1. The second-order valence-corrected chi connectivity index (χ2v) is 6.05. The van der Waals surface area contributed by atoms with E-state index in [9.17, 15) is 8.42 Å². The first kappa shape index (κ1) is 12.7. The van der Waals surface area contributed by atoms with Gasteiger partial charge in [0.2, 0.25) is 0 Å². The van der Waals surface area contributed by atoms with Crippen molar-refractivity contribution in [1.82, 2.24) is 4.98 Å². The van der Waals surface area contributed by atoms with Crippen molar-refractivity contribution >= 4 is 9.84 Å². The smallest absolute Gasteiger partial charge is 0.190 e. The molecule has 0 spiro atoms. The van der Waals surface area contributed by atoms with Crippen molar-refractivity contribution in [2.24, 2.45) is 0 Å². The van der Waals surface area contributed by atoms with E-state index < -0.39 is 15.1 Å². The van der Waals surface area contributed by atoms with Gasteiger partial charge in [-0.25, -0.2) is 8.42 Å². The topological polar surface area (TPSA) is 74.7 Å². The molecule has 18 heavy (non-hydrogen) atoms. The fraction of sp³-hybridized carbons (Fsp3) is 0.154. The lowest BCUT2D eigenvalue weighted by Crippen LogP contribution is -2.54. The van der Waals surface area contributed by atoms with Crippen LogP contribution in [0.4, 0.5) is 0 Å². The molecule has 1 aromatic carbocycles. The summed E-state index contributed by atoms with van der Waals surface area (Å²) in [7, 11) is -3.41. The van der Waals surface area contributed by atoms with E-state index in [2.05, 4.69) is 10.7 Å². The van der Waals surface area contributed by atoms with Gasteiger partial charge in [0.25, 0.3) is 0 Å². The summed E-state index contributed by atoms with van der Waals surface area (Å²) < 4.78 is 25.0. The van der Waals surface area contributed by atoms with Crippen molar-refractivity contribution < 1.29 is 14.2 Å². The predicted molar refractivity (Wildman–Crippen MR) is 68.4 cm³/mol. The molecule has 0 aliphatic carbocycles. The maximum Gasteiger partial charge on any atom is 0.190 e. The first-order chi connectivity index (χ1) is 8.66. The summed E-state index contributed by atoms with van der Waals surface area (Å²) in [6.07, 6.45) is 3.20. The van der Waals surface area contributed by atoms with Crippen molar-refractivity contribution in [2.75, 3.05) is 6.54 Å². The highest BCUT2D eigenvalue weighted by Gasteiger charge is 2.29. The van der Waals surface area contributed by atoms with Gasteiger partial charge in [0.1, 0.15) is 5.25 Å². The molecule has 0 bridgehead atoms. The van der Waals surface area contributed by atoms with Gasteiger partial charge in [0.15, 0.2) is 9.84 Å². The van der Waals surface area contributed by atoms with Crippen LogP contribution in [0.25, 0.3) is 0 Å². The Bertz CT molecular complexity index is 597. The van der Waals surface area contributed by atoms with E-state index in [-0.39, 0.29) is 6.54 Å². The van der Waals surface area contributed by atoms with Gasteiger partial charge in [-0.15, -0.1) is 0 Å². The third-order valence-electron chi connectivity index (χ3n) is 2.76. The molecule has 94 valence electrons. The third kappa shape index (κ3) is 2.42. The van der Waals surface area contributed by atoms with Crippen molar-refractivity contribution in [3.8, 4) is 0 Å². The van der Waals surface area contributed by atoms with Crippen molar-refractivity contribution in [3.63, 3.8) is 0 Å². The Morgan fingerprint density at radius 2 is 1.83 bits per heavy atom. The van der Waals surface area contributed by atoms with E-state index in [0.29, 0.717) is 10.5 Å². The zero-order chi connectivity index (χ0) is 13.0. The summed E-state index contributed by atoms with van der Waals surface area (Å²) in [5.41, 5.74) is 4.42. The predicted octanol–water partition coefficient (Wildman–Crippen LogP) is 0.838. The first-order valence-corrected chi connectivity index (χ1v) is 7.19. The molecule has 0 aliphatic heterocycles. The molecule has 1 atom stereocenters. The molecule has 4 nitrogen and oxygen atoms in total. The van der Waals surface area contributed by atoms with E-state index in [0.717, 1.165) is 0 Å². The summed E-state index contributed by atoms with van der Waals surface area (Å²) in [4.78, 5) is 4.29. The van der Waals surface area contributed by atoms with Crippen LogP contribution < -0.4 is 5.73 Å². The van der Waals surface area contributed by atoms with Gasteiger partial charge in [-0.3, -0.25) is 4.98 Å². The van der Waals surface area contributed by atoms with Crippen LogP contribution >= 0.6 is 0 Å². The van der Waals surface area contributed by atoms with Crippen LogP contribution in [0.1, 0.15) is 10.8 Å². The number of pyridine rings is 1. The maximum absolute atomic E-state index is 12.5. The lowest BCUT2D eigenvalue weighted by molar-refractivity contribution is -0.367.